The zero-order valence-electron chi connectivity index (χ0n) is 10.3. The van der Waals surface area contributed by atoms with E-state index in [4.69, 9.17) is 17.3 Å². The van der Waals surface area contributed by atoms with Crippen LogP contribution in [-0.2, 0) is 19.5 Å². The summed E-state index contributed by atoms with van der Waals surface area (Å²) in [6, 6.07) is 0. The molecule has 0 unspecified atom stereocenters. The van der Waals surface area contributed by atoms with Crippen LogP contribution >= 0.6 is 27.5 Å². The lowest BCUT2D eigenvalue weighted by molar-refractivity contribution is 0.573. The van der Waals surface area contributed by atoms with E-state index < -0.39 is 0 Å². The van der Waals surface area contributed by atoms with Crippen LogP contribution in [0.1, 0.15) is 25.2 Å². The van der Waals surface area contributed by atoms with Gasteiger partial charge in [-0.05, 0) is 29.3 Å². The van der Waals surface area contributed by atoms with Gasteiger partial charge in [-0.1, -0.05) is 18.5 Å². The third-order valence-corrected chi connectivity index (χ3v) is 3.96. The Morgan fingerprint density at radius 1 is 1.39 bits per heavy atom. The van der Waals surface area contributed by atoms with E-state index in [9.17, 15) is 0 Å². The summed E-state index contributed by atoms with van der Waals surface area (Å²) in [6.07, 6.45) is 2.62. The van der Waals surface area contributed by atoms with Gasteiger partial charge in [-0.15, -0.1) is 0 Å². The van der Waals surface area contributed by atoms with Crippen molar-refractivity contribution >= 4 is 33.3 Å². The monoisotopic (exact) mass is 331 g/mol. The van der Waals surface area contributed by atoms with E-state index >= 15 is 0 Å². The minimum Gasteiger partial charge on any atom is -0.381 e. The van der Waals surface area contributed by atoms with Crippen molar-refractivity contribution in [2.45, 2.75) is 33.4 Å². The van der Waals surface area contributed by atoms with Crippen LogP contribution in [0, 0.1) is 0 Å². The molecule has 0 aromatic carbocycles. The molecule has 18 heavy (non-hydrogen) atoms. The Hall–Kier alpha value is -1.01. The van der Waals surface area contributed by atoms with Crippen molar-refractivity contribution in [1.82, 2.24) is 19.6 Å². The van der Waals surface area contributed by atoms with E-state index in [-0.39, 0.29) is 0 Å². The molecule has 0 fully saturated rings. The van der Waals surface area contributed by atoms with Crippen molar-refractivity contribution in [2.24, 2.45) is 0 Å². The molecule has 0 aliphatic rings. The van der Waals surface area contributed by atoms with Crippen molar-refractivity contribution < 1.29 is 0 Å². The molecule has 0 bridgehead atoms. The lowest BCUT2D eigenvalue weighted by Crippen LogP contribution is -2.09. The molecule has 0 radical (unpaired) electrons. The fourth-order valence-corrected chi connectivity index (χ4v) is 2.65. The van der Waals surface area contributed by atoms with Gasteiger partial charge in [0.05, 0.1) is 22.4 Å². The van der Waals surface area contributed by atoms with E-state index in [1.165, 1.54) is 0 Å². The van der Waals surface area contributed by atoms with Gasteiger partial charge in [0.2, 0.25) is 0 Å². The molecule has 0 amide bonds. The number of nitrogen functional groups attached to an aromatic ring is 1. The minimum atomic E-state index is 0.353. The van der Waals surface area contributed by atoms with Crippen LogP contribution < -0.4 is 5.73 Å². The van der Waals surface area contributed by atoms with Crippen LogP contribution in [-0.4, -0.2) is 19.6 Å². The van der Waals surface area contributed by atoms with E-state index in [1.807, 2.05) is 4.68 Å². The summed E-state index contributed by atoms with van der Waals surface area (Å²) in [4.78, 5) is 0. The smallest absolute Gasteiger partial charge is 0.164 e. The van der Waals surface area contributed by atoms with Gasteiger partial charge in [0, 0.05) is 12.7 Å². The second-order valence-electron chi connectivity index (χ2n) is 3.94. The lowest BCUT2D eigenvalue weighted by atomic mass is 10.3. The fourth-order valence-electron chi connectivity index (χ4n) is 1.81. The van der Waals surface area contributed by atoms with Crippen molar-refractivity contribution in [1.29, 1.82) is 0 Å². The molecule has 0 aliphatic heterocycles. The Labute approximate surface area is 119 Å². The van der Waals surface area contributed by atoms with Gasteiger partial charge in [0.25, 0.3) is 0 Å². The van der Waals surface area contributed by atoms with Crippen LogP contribution in [0.25, 0.3) is 0 Å². The molecule has 0 spiro atoms. The number of rotatable bonds is 4. The number of nitrogens with zero attached hydrogens (tertiary/aromatic N) is 4. The SMILES string of the molecule is CCc1nn(CC)c(Cn2cc(Cl)c(N)n2)c1Br. The second-order valence-corrected chi connectivity index (χ2v) is 5.14. The van der Waals surface area contributed by atoms with E-state index in [1.54, 1.807) is 10.9 Å². The normalized spacial score (nSPS) is 11.1. The van der Waals surface area contributed by atoms with Crippen LogP contribution in [0.2, 0.25) is 5.02 Å². The largest absolute Gasteiger partial charge is 0.381 e. The first-order valence-corrected chi connectivity index (χ1v) is 6.96. The second kappa shape index (κ2) is 5.32. The number of nitrogens with two attached hydrogens (primary N) is 1. The maximum atomic E-state index is 5.90. The Bertz CT molecular complexity index is 541. The highest BCUT2D eigenvalue weighted by Crippen LogP contribution is 2.24. The lowest BCUT2D eigenvalue weighted by Gasteiger charge is -2.05. The van der Waals surface area contributed by atoms with Crippen LogP contribution in [0.5, 0.6) is 0 Å². The summed E-state index contributed by atoms with van der Waals surface area (Å²) in [5, 5.41) is 9.17. The molecule has 0 atom stereocenters. The first kappa shape index (κ1) is 13.4. The van der Waals surface area contributed by atoms with Gasteiger partial charge in [-0.2, -0.15) is 10.2 Å². The Morgan fingerprint density at radius 2 is 2.11 bits per heavy atom. The summed E-state index contributed by atoms with van der Waals surface area (Å²) in [6.45, 7) is 5.56. The molecule has 0 saturated carbocycles. The van der Waals surface area contributed by atoms with Crippen LogP contribution in [0.15, 0.2) is 10.7 Å². The highest BCUT2D eigenvalue weighted by Gasteiger charge is 2.15. The van der Waals surface area contributed by atoms with Crippen LogP contribution in [0.3, 0.4) is 0 Å². The van der Waals surface area contributed by atoms with E-state index in [2.05, 4.69) is 40.0 Å². The van der Waals surface area contributed by atoms with Gasteiger partial charge in [0.15, 0.2) is 5.82 Å². The minimum absolute atomic E-state index is 0.353. The van der Waals surface area contributed by atoms with Crippen molar-refractivity contribution in [3.63, 3.8) is 0 Å². The number of hydrogen-bond donors (Lipinski definition) is 1. The fraction of sp³-hybridized carbons (Fsp3) is 0.455. The highest BCUT2D eigenvalue weighted by molar-refractivity contribution is 9.10. The number of aryl methyl sites for hydroxylation is 2. The zero-order chi connectivity index (χ0) is 13.3. The molecular weight excluding hydrogens is 318 g/mol. The molecule has 2 rings (SSSR count). The Kier molecular flexibility index (Phi) is 3.97. The van der Waals surface area contributed by atoms with Gasteiger partial charge < -0.3 is 5.73 Å². The van der Waals surface area contributed by atoms with Crippen molar-refractivity contribution in [3.8, 4) is 0 Å². The maximum absolute atomic E-state index is 5.90. The standard InChI is InChI=1S/C11H15BrClN5/c1-3-8-10(12)9(18(4-2)15-8)6-17-5-7(13)11(14)16-17/h5H,3-4,6H2,1-2H3,(H2,14,16). The van der Waals surface area contributed by atoms with Crippen molar-refractivity contribution in [3.05, 3.63) is 27.1 Å². The number of aromatic nitrogens is 4. The third-order valence-electron chi connectivity index (χ3n) is 2.75. The molecule has 0 saturated heterocycles. The average Bonchev–Trinajstić information content (AvgIpc) is 2.82. The van der Waals surface area contributed by atoms with Crippen LogP contribution in [0.4, 0.5) is 5.82 Å². The molecule has 2 heterocycles. The molecule has 2 aromatic rings. The molecule has 5 nitrogen and oxygen atoms in total. The first-order chi connectivity index (χ1) is 8.56. The number of halogens is 2. The van der Waals surface area contributed by atoms with E-state index in [0.29, 0.717) is 17.4 Å². The Morgan fingerprint density at radius 3 is 2.61 bits per heavy atom. The highest BCUT2D eigenvalue weighted by atomic mass is 79.9. The quantitative estimate of drug-likeness (QED) is 0.936. The summed E-state index contributed by atoms with van der Waals surface area (Å²) >= 11 is 9.50. The van der Waals surface area contributed by atoms with E-state index in [0.717, 1.165) is 28.8 Å². The number of anilines is 1. The molecule has 98 valence electrons. The Balaban J connectivity index is 2.35. The molecule has 2 aromatic heterocycles. The van der Waals surface area contributed by atoms with Gasteiger partial charge >= 0.3 is 0 Å². The van der Waals surface area contributed by atoms with Gasteiger partial charge in [-0.25, -0.2) is 0 Å². The topological polar surface area (TPSA) is 61.7 Å². The predicted octanol–water partition coefficient (Wildman–Crippen LogP) is 2.71. The maximum Gasteiger partial charge on any atom is 0.164 e. The molecule has 0 aliphatic carbocycles. The summed E-state index contributed by atoms with van der Waals surface area (Å²) in [5.41, 5.74) is 7.77. The molecule has 7 heteroatoms. The van der Waals surface area contributed by atoms with Crippen molar-refractivity contribution in [2.75, 3.05) is 5.73 Å². The molecular formula is C11H15BrClN5. The van der Waals surface area contributed by atoms with Gasteiger partial charge in [0.1, 0.15) is 5.02 Å². The first-order valence-electron chi connectivity index (χ1n) is 5.79. The predicted molar refractivity (Wildman–Crippen MR) is 75.7 cm³/mol. The summed E-state index contributed by atoms with van der Waals surface area (Å²) in [7, 11) is 0. The summed E-state index contributed by atoms with van der Waals surface area (Å²) in [5.74, 6) is 0.353. The van der Waals surface area contributed by atoms with Gasteiger partial charge in [-0.3, -0.25) is 9.36 Å². The zero-order valence-corrected chi connectivity index (χ0v) is 12.7. The average molecular weight is 333 g/mol. The molecule has 2 N–H and O–H groups in total. The third kappa shape index (κ3) is 2.40. The summed E-state index contributed by atoms with van der Waals surface area (Å²) < 4.78 is 4.73. The number of hydrogen-bond acceptors (Lipinski definition) is 3.